The molecule has 0 spiro atoms. The molecule has 0 saturated heterocycles. The first-order valence-corrected chi connectivity index (χ1v) is 15.1. The molecule has 0 saturated carbocycles. The number of amides is 2. The quantitative estimate of drug-likeness (QED) is 0.287. The van der Waals surface area contributed by atoms with E-state index in [1.165, 1.54) is 61.6 Å². The van der Waals surface area contributed by atoms with E-state index in [4.69, 9.17) is 9.47 Å². The third-order valence-corrected chi connectivity index (χ3v) is 8.69. The van der Waals surface area contributed by atoms with Crippen LogP contribution in [-0.4, -0.2) is 58.0 Å². The minimum Gasteiger partial charge on any atom is -0.493 e. The van der Waals surface area contributed by atoms with E-state index in [1.807, 2.05) is 13.8 Å². The fourth-order valence-corrected chi connectivity index (χ4v) is 5.80. The Morgan fingerprint density at radius 3 is 2.12 bits per heavy atom. The molecule has 226 valence electrons. The molecular weight excluding hydrogens is 561 g/mol. The normalized spacial score (nSPS) is 12.6. The number of carbonyl (C=O) groups excluding carboxylic acids is 2. The minimum absolute atomic E-state index is 0.0232. The molecule has 0 bridgehead atoms. The van der Waals surface area contributed by atoms with Crippen molar-refractivity contribution in [3.05, 3.63) is 84.2 Å². The number of ether oxygens (including phenoxy) is 2. The Morgan fingerprint density at radius 1 is 0.905 bits per heavy atom. The third kappa shape index (κ3) is 7.79. The summed E-state index contributed by atoms with van der Waals surface area (Å²) < 4.78 is 53.3. The van der Waals surface area contributed by atoms with Crippen LogP contribution in [0.1, 0.15) is 39.2 Å². The zero-order valence-corrected chi connectivity index (χ0v) is 25.4. The van der Waals surface area contributed by atoms with Crippen molar-refractivity contribution in [2.45, 2.75) is 57.1 Å². The first-order valence-electron chi connectivity index (χ1n) is 13.7. The Kier molecular flexibility index (Phi) is 11.3. The molecule has 3 aromatic rings. The van der Waals surface area contributed by atoms with Crippen LogP contribution in [0.4, 0.5) is 10.1 Å². The molecule has 2 amide bonds. The highest BCUT2D eigenvalue weighted by molar-refractivity contribution is 7.92. The first kappa shape index (κ1) is 32.4. The zero-order valence-electron chi connectivity index (χ0n) is 24.5. The number of methoxy groups -OCH3 is 2. The van der Waals surface area contributed by atoms with E-state index in [1.54, 1.807) is 37.3 Å². The van der Waals surface area contributed by atoms with Gasteiger partial charge in [-0.2, -0.15) is 0 Å². The third-order valence-electron chi connectivity index (χ3n) is 6.92. The van der Waals surface area contributed by atoms with Crippen LogP contribution < -0.4 is 19.1 Å². The minimum atomic E-state index is -4.29. The molecule has 2 atom stereocenters. The van der Waals surface area contributed by atoms with E-state index in [0.717, 1.165) is 4.31 Å². The van der Waals surface area contributed by atoms with Gasteiger partial charge in [0.05, 0.1) is 24.8 Å². The SMILES string of the molecule is CCC(C)NC(=O)C(CC)N(Cc1ccc(F)cc1)C(=O)CN(c1ccccc1)S(=O)(=O)c1ccc(OC)c(OC)c1. The smallest absolute Gasteiger partial charge is 0.264 e. The summed E-state index contributed by atoms with van der Waals surface area (Å²) in [6.45, 7) is 4.97. The molecular formula is C31H38FN3O6S. The standard InChI is InChI=1S/C31H38FN3O6S/c1-6-22(3)33-31(37)27(7-2)34(20-23-13-15-24(32)16-14-23)30(36)21-35(25-11-9-8-10-12-25)42(38,39)26-17-18-28(40-4)29(19-26)41-5/h8-19,22,27H,6-7,20-21H2,1-5H3,(H,33,37). The van der Waals surface area contributed by atoms with Gasteiger partial charge in [0.2, 0.25) is 11.8 Å². The lowest BCUT2D eigenvalue weighted by atomic mass is 10.1. The van der Waals surface area contributed by atoms with Gasteiger partial charge in [0.1, 0.15) is 18.4 Å². The fraction of sp³-hybridized carbons (Fsp3) is 0.355. The average Bonchev–Trinajstić information content (AvgIpc) is 3.00. The number of anilines is 1. The van der Waals surface area contributed by atoms with E-state index >= 15 is 0 Å². The number of carbonyl (C=O) groups is 2. The lowest BCUT2D eigenvalue weighted by molar-refractivity contribution is -0.140. The van der Waals surface area contributed by atoms with Crippen LogP contribution in [0.25, 0.3) is 0 Å². The van der Waals surface area contributed by atoms with Crippen molar-refractivity contribution >= 4 is 27.5 Å². The van der Waals surface area contributed by atoms with E-state index in [0.29, 0.717) is 17.7 Å². The van der Waals surface area contributed by atoms with Crippen molar-refractivity contribution in [3.8, 4) is 11.5 Å². The predicted molar refractivity (Wildman–Crippen MR) is 159 cm³/mol. The second kappa shape index (κ2) is 14.7. The molecule has 0 aliphatic rings. The van der Waals surface area contributed by atoms with Crippen LogP contribution in [-0.2, 0) is 26.2 Å². The lowest BCUT2D eigenvalue weighted by Crippen LogP contribution is -2.53. The highest BCUT2D eigenvalue weighted by Crippen LogP contribution is 2.32. The molecule has 2 unspecified atom stereocenters. The number of para-hydroxylation sites is 1. The molecule has 0 radical (unpaired) electrons. The maximum atomic E-state index is 14.1. The predicted octanol–water partition coefficient (Wildman–Crippen LogP) is 4.76. The van der Waals surface area contributed by atoms with Gasteiger partial charge in [0, 0.05) is 18.7 Å². The number of hydrogen-bond acceptors (Lipinski definition) is 6. The van der Waals surface area contributed by atoms with E-state index in [-0.39, 0.29) is 41.2 Å². The van der Waals surface area contributed by atoms with Crippen molar-refractivity contribution in [1.82, 2.24) is 10.2 Å². The van der Waals surface area contributed by atoms with Crippen molar-refractivity contribution in [3.63, 3.8) is 0 Å². The molecule has 3 rings (SSSR count). The topological polar surface area (TPSA) is 105 Å². The van der Waals surface area contributed by atoms with Gasteiger partial charge >= 0.3 is 0 Å². The molecule has 9 nitrogen and oxygen atoms in total. The second-order valence-electron chi connectivity index (χ2n) is 9.75. The highest BCUT2D eigenvalue weighted by atomic mass is 32.2. The van der Waals surface area contributed by atoms with Gasteiger partial charge in [-0.3, -0.25) is 13.9 Å². The van der Waals surface area contributed by atoms with Gasteiger partial charge in [-0.25, -0.2) is 12.8 Å². The maximum Gasteiger partial charge on any atom is 0.264 e. The number of nitrogens with one attached hydrogen (secondary N) is 1. The molecule has 1 N–H and O–H groups in total. The first-order chi connectivity index (χ1) is 20.0. The number of hydrogen-bond donors (Lipinski definition) is 1. The summed E-state index contributed by atoms with van der Waals surface area (Å²) in [5.41, 5.74) is 0.855. The van der Waals surface area contributed by atoms with Gasteiger partial charge in [-0.05, 0) is 61.7 Å². The summed E-state index contributed by atoms with van der Waals surface area (Å²) in [6, 6.07) is 17.0. The second-order valence-corrected chi connectivity index (χ2v) is 11.6. The van der Waals surface area contributed by atoms with E-state index < -0.39 is 34.3 Å². The van der Waals surface area contributed by atoms with Crippen LogP contribution in [0.3, 0.4) is 0 Å². The Bertz CT molecular complexity index is 1450. The Morgan fingerprint density at radius 2 is 1.55 bits per heavy atom. The van der Waals surface area contributed by atoms with Gasteiger partial charge in [-0.1, -0.05) is 44.2 Å². The Balaban J connectivity index is 2.06. The van der Waals surface area contributed by atoms with Crippen LogP contribution in [0.5, 0.6) is 11.5 Å². The number of sulfonamides is 1. The van der Waals surface area contributed by atoms with Gasteiger partial charge in [0.25, 0.3) is 10.0 Å². The van der Waals surface area contributed by atoms with E-state index in [2.05, 4.69) is 5.32 Å². The summed E-state index contributed by atoms with van der Waals surface area (Å²) in [4.78, 5) is 28.6. The molecule has 0 heterocycles. The number of nitrogens with zero attached hydrogens (tertiary/aromatic N) is 2. The van der Waals surface area contributed by atoms with Crippen molar-refractivity contribution in [2.75, 3.05) is 25.1 Å². The van der Waals surface area contributed by atoms with Crippen molar-refractivity contribution in [2.24, 2.45) is 0 Å². The summed E-state index contributed by atoms with van der Waals surface area (Å²) in [5, 5.41) is 2.92. The highest BCUT2D eigenvalue weighted by Gasteiger charge is 2.34. The molecule has 42 heavy (non-hydrogen) atoms. The molecule has 0 fully saturated rings. The van der Waals surface area contributed by atoms with Crippen molar-refractivity contribution in [1.29, 1.82) is 0 Å². The Labute approximate surface area is 247 Å². The number of benzene rings is 3. The van der Waals surface area contributed by atoms with Crippen LogP contribution in [0.15, 0.2) is 77.7 Å². The van der Waals surface area contributed by atoms with Crippen LogP contribution in [0, 0.1) is 5.82 Å². The van der Waals surface area contributed by atoms with Crippen LogP contribution >= 0.6 is 0 Å². The summed E-state index contributed by atoms with van der Waals surface area (Å²) >= 11 is 0. The summed E-state index contributed by atoms with van der Waals surface area (Å²) in [7, 11) is -1.45. The summed E-state index contributed by atoms with van der Waals surface area (Å²) in [6.07, 6.45) is 0.975. The average molecular weight is 600 g/mol. The lowest BCUT2D eigenvalue weighted by Gasteiger charge is -2.33. The zero-order chi connectivity index (χ0) is 30.9. The van der Waals surface area contributed by atoms with Crippen LogP contribution in [0.2, 0.25) is 0 Å². The maximum absolute atomic E-state index is 14.1. The van der Waals surface area contributed by atoms with E-state index in [9.17, 15) is 22.4 Å². The van der Waals surface area contributed by atoms with Gasteiger partial charge in [0.15, 0.2) is 11.5 Å². The molecule has 0 aromatic heterocycles. The molecule has 11 heteroatoms. The number of rotatable bonds is 14. The van der Waals surface area contributed by atoms with Crippen molar-refractivity contribution < 1.29 is 31.9 Å². The molecule has 0 aliphatic heterocycles. The van der Waals surface area contributed by atoms with Gasteiger partial charge < -0.3 is 19.7 Å². The fourth-order valence-electron chi connectivity index (χ4n) is 4.37. The molecule has 0 aliphatic carbocycles. The number of halogens is 1. The largest absolute Gasteiger partial charge is 0.493 e. The Hall–Kier alpha value is -4.12. The summed E-state index contributed by atoms with van der Waals surface area (Å²) in [5.74, 6) is -0.824. The monoisotopic (exact) mass is 599 g/mol. The van der Waals surface area contributed by atoms with Gasteiger partial charge in [-0.15, -0.1) is 0 Å². The molecule has 3 aromatic carbocycles.